The van der Waals surface area contributed by atoms with E-state index >= 15 is 0 Å². The molecule has 5 nitrogen and oxygen atoms in total. The monoisotopic (exact) mass is 413 g/mol. The van der Waals surface area contributed by atoms with E-state index in [1.165, 1.54) is 24.8 Å². The first-order chi connectivity index (χ1) is 13.8. The molecule has 0 aliphatic carbocycles. The third kappa shape index (κ3) is 5.13. The summed E-state index contributed by atoms with van der Waals surface area (Å²) < 4.78 is 2.26. The molecule has 1 aliphatic heterocycles. The summed E-state index contributed by atoms with van der Waals surface area (Å²) in [5.41, 5.74) is 2.39. The fourth-order valence-corrected chi connectivity index (χ4v) is 4.43. The fourth-order valence-electron chi connectivity index (χ4n) is 3.42. The van der Waals surface area contributed by atoms with Crippen molar-refractivity contribution in [3.63, 3.8) is 0 Å². The van der Waals surface area contributed by atoms with Gasteiger partial charge in [0.05, 0.1) is 13.1 Å². The summed E-state index contributed by atoms with van der Waals surface area (Å²) in [6.45, 7) is 3.95. The van der Waals surface area contributed by atoms with Crippen LogP contribution in [0.5, 0.6) is 0 Å². The lowest BCUT2D eigenvalue weighted by Gasteiger charge is -2.26. The minimum absolute atomic E-state index is 0.518. The van der Waals surface area contributed by atoms with Crippen molar-refractivity contribution in [1.82, 2.24) is 24.6 Å². The molecule has 3 heterocycles. The summed E-state index contributed by atoms with van der Waals surface area (Å²) >= 11 is 7.59. The first kappa shape index (κ1) is 19.4. The molecule has 7 heteroatoms. The van der Waals surface area contributed by atoms with Crippen molar-refractivity contribution < 1.29 is 0 Å². The molecule has 3 aromatic rings. The van der Waals surface area contributed by atoms with Gasteiger partial charge in [0.15, 0.2) is 5.16 Å². The number of hydrogen-bond acceptors (Lipinski definition) is 5. The summed E-state index contributed by atoms with van der Waals surface area (Å²) in [5, 5.41) is 10.5. The number of hydrogen-bond donors (Lipinski definition) is 0. The third-order valence-corrected chi connectivity index (χ3v) is 6.21. The summed E-state index contributed by atoms with van der Waals surface area (Å²) in [6, 6.07) is 14.4. The molecule has 1 fully saturated rings. The zero-order valence-electron chi connectivity index (χ0n) is 15.8. The molecular weight excluding hydrogens is 390 g/mol. The minimum atomic E-state index is 0.518. The SMILES string of the molecule is Clc1ccc(CSc2nnc(CN3CCCCC3)n2Cc2ccccc2)cn1. The van der Waals surface area contributed by atoms with Gasteiger partial charge < -0.3 is 4.57 Å². The molecule has 1 saturated heterocycles. The van der Waals surface area contributed by atoms with Crippen molar-refractivity contribution in [2.24, 2.45) is 0 Å². The quantitative estimate of drug-likeness (QED) is 0.416. The number of rotatable bonds is 7. The molecule has 0 N–H and O–H groups in total. The van der Waals surface area contributed by atoms with Gasteiger partial charge in [-0.3, -0.25) is 4.90 Å². The average molecular weight is 414 g/mol. The van der Waals surface area contributed by atoms with Gasteiger partial charge in [-0.05, 0) is 43.1 Å². The second-order valence-corrected chi connectivity index (χ2v) is 8.41. The van der Waals surface area contributed by atoms with Crippen LogP contribution in [-0.4, -0.2) is 37.7 Å². The molecule has 0 radical (unpaired) electrons. The Morgan fingerprint density at radius 2 is 1.71 bits per heavy atom. The molecule has 0 unspecified atom stereocenters. The maximum absolute atomic E-state index is 5.89. The van der Waals surface area contributed by atoms with E-state index in [4.69, 9.17) is 11.6 Å². The van der Waals surface area contributed by atoms with Gasteiger partial charge >= 0.3 is 0 Å². The summed E-state index contributed by atoms with van der Waals surface area (Å²) in [4.78, 5) is 6.66. The van der Waals surface area contributed by atoms with Crippen molar-refractivity contribution in [3.05, 3.63) is 70.8 Å². The van der Waals surface area contributed by atoms with Crippen LogP contribution in [0.15, 0.2) is 53.8 Å². The maximum Gasteiger partial charge on any atom is 0.191 e. The highest BCUT2D eigenvalue weighted by atomic mass is 35.5. The molecule has 0 saturated carbocycles. The Labute approximate surface area is 175 Å². The molecule has 4 rings (SSSR count). The lowest BCUT2D eigenvalue weighted by Crippen LogP contribution is -2.30. The predicted octanol–water partition coefficient (Wildman–Crippen LogP) is 4.65. The topological polar surface area (TPSA) is 46.8 Å². The van der Waals surface area contributed by atoms with Gasteiger partial charge in [0.1, 0.15) is 11.0 Å². The second-order valence-electron chi connectivity index (χ2n) is 7.09. The van der Waals surface area contributed by atoms with E-state index in [0.717, 1.165) is 48.5 Å². The molecule has 1 aromatic carbocycles. The van der Waals surface area contributed by atoms with Crippen LogP contribution in [0, 0.1) is 0 Å². The smallest absolute Gasteiger partial charge is 0.191 e. The number of pyridine rings is 1. The van der Waals surface area contributed by atoms with E-state index in [1.54, 1.807) is 11.8 Å². The molecule has 146 valence electrons. The van der Waals surface area contributed by atoms with E-state index in [1.807, 2.05) is 24.4 Å². The molecule has 0 spiro atoms. The van der Waals surface area contributed by atoms with Crippen LogP contribution in [0.25, 0.3) is 0 Å². The van der Waals surface area contributed by atoms with Crippen molar-refractivity contribution in [2.45, 2.75) is 43.3 Å². The molecule has 1 aliphatic rings. The van der Waals surface area contributed by atoms with E-state index in [9.17, 15) is 0 Å². The normalized spacial score (nSPS) is 15.0. The highest BCUT2D eigenvalue weighted by molar-refractivity contribution is 7.98. The number of piperidine rings is 1. The zero-order valence-corrected chi connectivity index (χ0v) is 17.4. The van der Waals surface area contributed by atoms with E-state index < -0.39 is 0 Å². The van der Waals surface area contributed by atoms with Crippen LogP contribution in [-0.2, 0) is 18.8 Å². The zero-order chi connectivity index (χ0) is 19.2. The molecule has 28 heavy (non-hydrogen) atoms. The Morgan fingerprint density at radius 3 is 2.46 bits per heavy atom. The van der Waals surface area contributed by atoms with E-state index in [2.05, 4.69) is 48.9 Å². The van der Waals surface area contributed by atoms with E-state index in [0.29, 0.717) is 5.15 Å². The number of halogens is 1. The molecular formula is C21H24ClN5S. The highest BCUT2D eigenvalue weighted by Crippen LogP contribution is 2.24. The van der Waals surface area contributed by atoms with Gasteiger partial charge in [0.25, 0.3) is 0 Å². The minimum Gasteiger partial charge on any atom is -0.300 e. The number of likely N-dealkylation sites (tertiary alicyclic amines) is 1. The van der Waals surface area contributed by atoms with Crippen molar-refractivity contribution >= 4 is 23.4 Å². The van der Waals surface area contributed by atoms with Gasteiger partial charge in [-0.1, -0.05) is 66.2 Å². The van der Waals surface area contributed by atoms with Crippen LogP contribution in [0.3, 0.4) is 0 Å². The second kappa shape index (κ2) is 9.54. The van der Waals surface area contributed by atoms with Crippen LogP contribution in [0.4, 0.5) is 0 Å². The molecule has 0 atom stereocenters. The number of thioether (sulfide) groups is 1. The van der Waals surface area contributed by atoms with Crippen molar-refractivity contribution in [2.75, 3.05) is 13.1 Å². The Morgan fingerprint density at radius 1 is 0.893 bits per heavy atom. The lowest BCUT2D eigenvalue weighted by molar-refractivity contribution is 0.213. The molecule has 0 amide bonds. The number of nitrogens with zero attached hydrogens (tertiary/aromatic N) is 5. The summed E-state index contributed by atoms with van der Waals surface area (Å²) in [7, 11) is 0. The Balaban J connectivity index is 1.52. The van der Waals surface area contributed by atoms with Crippen molar-refractivity contribution in [3.8, 4) is 0 Å². The molecule has 2 aromatic heterocycles. The van der Waals surface area contributed by atoms with Crippen LogP contribution in [0.2, 0.25) is 5.15 Å². The van der Waals surface area contributed by atoms with Gasteiger partial charge in [0, 0.05) is 11.9 Å². The van der Waals surface area contributed by atoms with Crippen molar-refractivity contribution in [1.29, 1.82) is 0 Å². The third-order valence-electron chi connectivity index (χ3n) is 4.95. The van der Waals surface area contributed by atoms with Crippen LogP contribution < -0.4 is 0 Å². The fraction of sp³-hybridized carbons (Fsp3) is 0.381. The van der Waals surface area contributed by atoms with Gasteiger partial charge in [-0.15, -0.1) is 10.2 Å². The largest absolute Gasteiger partial charge is 0.300 e. The lowest BCUT2D eigenvalue weighted by atomic mass is 10.1. The maximum atomic E-state index is 5.89. The Hall–Kier alpha value is -1.89. The van der Waals surface area contributed by atoms with Crippen LogP contribution >= 0.6 is 23.4 Å². The first-order valence-electron chi connectivity index (χ1n) is 9.69. The summed E-state index contributed by atoms with van der Waals surface area (Å²) in [6.07, 6.45) is 5.71. The van der Waals surface area contributed by atoms with Gasteiger partial charge in [-0.25, -0.2) is 4.98 Å². The van der Waals surface area contributed by atoms with Crippen LogP contribution in [0.1, 0.15) is 36.2 Å². The number of benzene rings is 1. The molecule has 0 bridgehead atoms. The predicted molar refractivity (Wildman–Crippen MR) is 114 cm³/mol. The Bertz CT molecular complexity index is 876. The summed E-state index contributed by atoms with van der Waals surface area (Å²) in [5.74, 6) is 1.84. The number of aromatic nitrogens is 4. The van der Waals surface area contributed by atoms with Gasteiger partial charge in [0.2, 0.25) is 0 Å². The Kier molecular flexibility index (Phi) is 6.62. The highest BCUT2D eigenvalue weighted by Gasteiger charge is 2.18. The first-order valence-corrected chi connectivity index (χ1v) is 11.1. The van der Waals surface area contributed by atoms with E-state index in [-0.39, 0.29) is 0 Å². The van der Waals surface area contributed by atoms with Gasteiger partial charge in [-0.2, -0.15) is 0 Å². The standard InChI is InChI=1S/C21H24ClN5S/c22-19-10-9-18(13-23-19)16-28-21-25-24-20(15-26-11-5-2-6-12-26)27(21)14-17-7-3-1-4-8-17/h1,3-4,7-10,13H,2,5-6,11-12,14-16H2. The average Bonchev–Trinajstić information content (AvgIpc) is 3.10.